The van der Waals surface area contributed by atoms with Crippen LogP contribution in [-0.2, 0) is 4.74 Å². The molecule has 0 bridgehead atoms. The lowest BCUT2D eigenvalue weighted by molar-refractivity contribution is 0.0124. The van der Waals surface area contributed by atoms with E-state index in [1.54, 1.807) is 12.1 Å². The lowest BCUT2D eigenvalue weighted by atomic mass is 9.97. The Balaban J connectivity index is 1.39. The maximum absolute atomic E-state index is 12.6. The predicted octanol–water partition coefficient (Wildman–Crippen LogP) is 2.08. The van der Waals surface area contributed by atoms with E-state index in [-0.39, 0.29) is 17.6 Å². The normalized spacial score (nSPS) is 24.8. The van der Waals surface area contributed by atoms with Crippen molar-refractivity contribution in [3.05, 3.63) is 47.3 Å². The third-order valence-corrected chi connectivity index (χ3v) is 5.10. The van der Waals surface area contributed by atoms with Gasteiger partial charge in [-0.1, -0.05) is 6.07 Å². The molecule has 26 heavy (non-hydrogen) atoms. The number of nitrogens with zero attached hydrogens (tertiary/aromatic N) is 3. The second-order valence-electron chi connectivity index (χ2n) is 7.14. The number of nitriles is 1. The molecule has 0 unspecified atom stereocenters. The van der Waals surface area contributed by atoms with E-state index in [0.717, 1.165) is 24.2 Å². The summed E-state index contributed by atoms with van der Waals surface area (Å²) in [5.41, 5.74) is 2.61. The summed E-state index contributed by atoms with van der Waals surface area (Å²) < 4.78 is 6.11. The van der Waals surface area contributed by atoms with Gasteiger partial charge in [-0.25, -0.2) is 0 Å². The van der Waals surface area contributed by atoms with Crippen LogP contribution in [0.4, 0.5) is 5.69 Å². The topological polar surface area (TPSA) is 94.0 Å². The molecule has 4 rings (SSSR count). The number of nitrogens with one attached hydrogen (secondary N) is 2. The second kappa shape index (κ2) is 6.46. The Labute approximate surface area is 152 Å². The highest BCUT2D eigenvalue weighted by molar-refractivity contribution is 5.92. The van der Waals surface area contributed by atoms with Crippen LogP contribution in [0.1, 0.15) is 34.6 Å². The molecule has 2 aromatic rings. The molecule has 7 heteroatoms. The summed E-state index contributed by atoms with van der Waals surface area (Å²) in [5.74, 6) is -0.0482. The summed E-state index contributed by atoms with van der Waals surface area (Å²) in [6, 6.07) is 11.6. The molecule has 1 amide bonds. The van der Waals surface area contributed by atoms with Crippen LogP contribution in [-0.4, -0.2) is 52.3 Å². The number of hydrogen-bond donors (Lipinski definition) is 2. The zero-order chi connectivity index (χ0) is 18.1. The lowest BCUT2D eigenvalue weighted by Gasteiger charge is -2.23. The van der Waals surface area contributed by atoms with E-state index in [2.05, 4.69) is 21.6 Å². The third kappa shape index (κ3) is 3.16. The average molecular weight is 351 g/mol. The lowest BCUT2D eigenvalue weighted by Crippen LogP contribution is -2.36. The third-order valence-electron chi connectivity index (χ3n) is 5.10. The highest BCUT2D eigenvalue weighted by atomic mass is 16.5. The largest absolute Gasteiger partial charge is 0.380 e. The van der Waals surface area contributed by atoms with Crippen molar-refractivity contribution in [2.24, 2.45) is 0 Å². The van der Waals surface area contributed by atoms with Crippen molar-refractivity contribution in [2.45, 2.75) is 31.4 Å². The molecule has 2 saturated heterocycles. The molecule has 1 spiro atoms. The number of carbonyl (C=O) groups excluding carboxylic acids is 1. The molecule has 2 aliphatic rings. The van der Waals surface area contributed by atoms with Crippen molar-refractivity contribution in [3.63, 3.8) is 0 Å². The number of aromatic nitrogens is 2. The number of H-pyrrole nitrogens is 1. The SMILES string of the molecule is Cc1cc(C(=O)N2CC[C@@]3(C[C@@H](Nc4cccc(C#N)c4)CO3)C2)n[nH]1. The fourth-order valence-corrected chi connectivity index (χ4v) is 3.84. The van der Waals surface area contributed by atoms with E-state index < -0.39 is 0 Å². The van der Waals surface area contributed by atoms with E-state index >= 15 is 0 Å². The summed E-state index contributed by atoms with van der Waals surface area (Å²) in [7, 11) is 0. The van der Waals surface area contributed by atoms with Gasteiger partial charge >= 0.3 is 0 Å². The number of aryl methyl sites for hydroxylation is 1. The van der Waals surface area contributed by atoms with Crippen molar-refractivity contribution in [1.82, 2.24) is 15.1 Å². The molecule has 2 N–H and O–H groups in total. The quantitative estimate of drug-likeness (QED) is 0.883. The number of benzene rings is 1. The van der Waals surface area contributed by atoms with Crippen LogP contribution >= 0.6 is 0 Å². The Hall–Kier alpha value is -2.85. The Morgan fingerprint density at radius 1 is 1.50 bits per heavy atom. The molecule has 3 heterocycles. The Morgan fingerprint density at radius 2 is 2.38 bits per heavy atom. The van der Waals surface area contributed by atoms with Crippen LogP contribution < -0.4 is 5.32 Å². The number of hydrogen-bond acceptors (Lipinski definition) is 5. The average Bonchev–Trinajstić information content (AvgIpc) is 3.36. The molecular weight excluding hydrogens is 330 g/mol. The molecule has 2 fully saturated rings. The molecule has 2 atom stereocenters. The molecule has 2 aliphatic heterocycles. The molecule has 1 aromatic heterocycles. The van der Waals surface area contributed by atoms with Gasteiger partial charge in [0.05, 0.1) is 36.4 Å². The summed E-state index contributed by atoms with van der Waals surface area (Å²) in [6.07, 6.45) is 1.67. The van der Waals surface area contributed by atoms with Gasteiger partial charge in [0, 0.05) is 24.3 Å². The molecule has 134 valence electrons. The molecule has 7 nitrogen and oxygen atoms in total. The van der Waals surface area contributed by atoms with Crippen molar-refractivity contribution in [2.75, 3.05) is 25.0 Å². The number of anilines is 1. The molecule has 0 saturated carbocycles. The van der Waals surface area contributed by atoms with Crippen LogP contribution in [0.25, 0.3) is 0 Å². The Morgan fingerprint density at radius 3 is 3.15 bits per heavy atom. The number of ether oxygens (including phenoxy) is 1. The maximum Gasteiger partial charge on any atom is 0.274 e. The fourth-order valence-electron chi connectivity index (χ4n) is 3.84. The summed E-state index contributed by atoms with van der Waals surface area (Å²) >= 11 is 0. The summed E-state index contributed by atoms with van der Waals surface area (Å²) in [5, 5.41) is 19.4. The number of likely N-dealkylation sites (tertiary alicyclic amines) is 1. The molecule has 0 radical (unpaired) electrons. The van der Waals surface area contributed by atoms with Gasteiger partial charge in [-0.3, -0.25) is 9.89 Å². The van der Waals surface area contributed by atoms with Gasteiger partial charge in [0.1, 0.15) is 5.69 Å². The minimum absolute atomic E-state index is 0.0482. The van der Waals surface area contributed by atoms with Crippen molar-refractivity contribution in [1.29, 1.82) is 5.26 Å². The zero-order valence-corrected chi connectivity index (χ0v) is 14.7. The molecule has 0 aliphatic carbocycles. The van der Waals surface area contributed by atoms with Gasteiger partial charge in [0.15, 0.2) is 0 Å². The molecule has 1 aromatic carbocycles. The minimum Gasteiger partial charge on any atom is -0.380 e. The van der Waals surface area contributed by atoms with Crippen LogP contribution in [0.3, 0.4) is 0 Å². The van der Waals surface area contributed by atoms with Crippen LogP contribution in [0.5, 0.6) is 0 Å². The van der Waals surface area contributed by atoms with Gasteiger partial charge in [-0.2, -0.15) is 10.4 Å². The van der Waals surface area contributed by atoms with E-state index in [4.69, 9.17) is 10.00 Å². The number of amides is 1. The Bertz CT molecular complexity index is 871. The van der Waals surface area contributed by atoms with E-state index in [1.807, 2.05) is 30.0 Å². The highest BCUT2D eigenvalue weighted by Crippen LogP contribution is 2.36. The van der Waals surface area contributed by atoms with E-state index in [0.29, 0.717) is 31.0 Å². The smallest absolute Gasteiger partial charge is 0.274 e. The van der Waals surface area contributed by atoms with E-state index in [1.165, 1.54) is 0 Å². The Kier molecular flexibility index (Phi) is 4.13. The summed E-state index contributed by atoms with van der Waals surface area (Å²) in [6.45, 7) is 3.75. The number of rotatable bonds is 3. The molecular formula is C19H21N5O2. The number of carbonyl (C=O) groups is 1. The summed E-state index contributed by atoms with van der Waals surface area (Å²) in [4.78, 5) is 14.4. The van der Waals surface area contributed by atoms with Gasteiger partial charge in [-0.05, 0) is 37.6 Å². The first-order valence-corrected chi connectivity index (χ1v) is 8.79. The standard InChI is InChI=1S/C19H21N5O2/c1-13-7-17(23-22-13)18(25)24-6-5-19(12-24)9-16(11-26-19)21-15-4-2-3-14(8-15)10-20/h2-4,7-8,16,21H,5-6,9,11-12H2,1H3,(H,22,23)/t16-,19-/m1/s1. The number of aromatic amines is 1. The second-order valence-corrected chi connectivity index (χ2v) is 7.14. The highest BCUT2D eigenvalue weighted by Gasteiger charge is 2.47. The van der Waals surface area contributed by atoms with Crippen LogP contribution in [0, 0.1) is 18.3 Å². The fraction of sp³-hybridized carbons (Fsp3) is 0.421. The van der Waals surface area contributed by atoms with Gasteiger partial charge in [0.2, 0.25) is 0 Å². The first-order chi connectivity index (χ1) is 12.6. The van der Waals surface area contributed by atoms with Crippen molar-refractivity contribution >= 4 is 11.6 Å². The van der Waals surface area contributed by atoms with Crippen LogP contribution in [0.15, 0.2) is 30.3 Å². The van der Waals surface area contributed by atoms with Gasteiger partial charge in [0.25, 0.3) is 5.91 Å². The van der Waals surface area contributed by atoms with Gasteiger partial charge < -0.3 is 15.0 Å². The van der Waals surface area contributed by atoms with E-state index in [9.17, 15) is 4.79 Å². The first kappa shape index (κ1) is 16.6. The minimum atomic E-state index is -0.286. The van der Waals surface area contributed by atoms with Crippen molar-refractivity contribution in [3.8, 4) is 6.07 Å². The van der Waals surface area contributed by atoms with Crippen molar-refractivity contribution < 1.29 is 9.53 Å². The monoisotopic (exact) mass is 351 g/mol. The van der Waals surface area contributed by atoms with Crippen LogP contribution in [0.2, 0.25) is 0 Å². The van der Waals surface area contributed by atoms with Gasteiger partial charge in [-0.15, -0.1) is 0 Å². The predicted molar refractivity (Wildman–Crippen MR) is 95.7 cm³/mol. The maximum atomic E-state index is 12.6. The zero-order valence-electron chi connectivity index (χ0n) is 14.7. The first-order valence-electron chi connectivity index (χ1n) is 8.79.